The molecular weight excluding hydrogens is 276 g/mol. The quantitative estimate of drug-likeness (QED) is 0.912. The number of hydrogen-bond acceptors (Lipinski definition) is 3. The largest absolute Gasteiger partial charge is 0.346 e. The number of imidazole rings is 1. The van der Waals surface area contributed by atoms with Crippen molar-refractivity contribution in [1.82, 2.24) is 18.6 Å². The summed E-state index contributed by atoms with van der Waals surface area (Å²) in [6, 6.07) is 0. The highest BCUT2D eigenvalue weighted by Crippen LogP contribution is 2.28. The van der Waals surface area contributed by atoms with E-state index in [1.807, 2.05) is 13.1 Å². The summed E-state index contributed by atoms with van der Waals surface area (Å²) in [6.07, 6.45) is 5.67. The van der Waals surface area contributed by atoms with Crippen LogP contribution in [0.2, 0.25) is 0 Å². The van der Waals surface area contributed by atoms with Gasteiger partial charge in [-0.2, -0.15) is 17.0 Å². The third kappa shape index (κ3) is 2.62. The van der Waals surface area contributed by atoms with Crippen LogP contribution in [0.1, 0.15) is 43.1 Å². The lowest BCUT2D eigenvalue weighted by Gasteiger charge is -2.33. The topological polar surface area (TPSA) is 69.3 Å². The van der Waals surface area contributed by atoms with Gasteiger partial charge < -0.3 is 4.98 Å². The molecule has 2 aliphatic rings. The van der Waals surface area contributed by atoms with Crippen LogP contribution in [0.25, 0.3) is 0 Å². The van der Waals surface area contributed by atoms with Crippen LogP contribution in [0.15, 0.2) is 6.20 Å². The predicted molar refractivity (Wildman–Crippen MR) is 76.6 cm³/mol. The van der Waals surface area contributed by atoms with Crippen molar-refractivity contribution < 1.29 is 8.42 Å². The Morgan fingerprint density at radius 2 is 1.90 bits per heavy atom. The third-order valence-corrected chi connectivity index (χ3v) is 6.21. The number of piperidine rings is 1. The smallest absolute Gasteiger partial charge is 0.281 e. The van der Waals surface area contributed by atoms with Gasteiger partial charge in [-0.3, -0.25) is 0 Å². The van der Waals surface area contributed by atoms with Gasteiger partial charge in [0.25, 0.3) is 10.2 Å². The third-order valence-electron chi connectivity index (χ3n) is 4.21. The van der Waals surface area contributed by atoms with E-state index in [0.717, 1.165) is 37.2 Å². The molecular formula is C13H22N4O2S. The fraction of sp³-hybridized carbons (Fsp3) is 0.769. The van der Waals surface area contributed by atoms with E-state index >= 15 is 0 Å². The van der Waals surface area contributed by atoms with Gasteiger partial charge in [0, 0.05) is 44.0 Å². The van der Waals surface area contributed by atoms with Crippen molar-refractivity contribution in [3.63, 3.8) is 0 Å². The minimum absolute atomic E-state index is 0.190. The first-order valence-electron chi connectivity index (χ1n) is 7.34. The highest BCUT2D eigenvalue weighted by atomic mass is 32.2. The van der Waals surface area contributed by atoms with Crippen molar-refractivity contribution >= 4 is 10.2 Å². The minimum Gasteiger partial charge on any atom is -0.346 e. The fourth-order valence-electron chi connectivity index (χ4n) is 3.10. The molecule has 1 atom stereocenters. The van der Waals surface area contributed by atoms with E-state index in [1.54, 1.807) is 8.61 Å². The van der Waals surface area contributed by atoms with Crippen LogP contribution in [0.4, 0.5) is 0 Å². The maximum absolute atomic E-state index is 12.6. The number of nitrogens with one attached hydrogen (secondary N) is 1. The molecule has 7 heteroatoms. The molecule has 0 unspecified atom stereocenters. The Morgan fingerprint density at radius 3 is 2.55 bits per heavy atom. The van der Waals surface area contributed by atoms with Crippen molar-refractivity contribution in [3.05, 3.63) is 17.7 Å². The Balaban J connectivity index is 1.74. The Kier molecular flexibility index (Phi) is 3.83. The molecule has 2 fully saturated rings. The molecule has 1 aromatic heterocycles. The summed E-state index contributed by atoms with van der Waals surface area (Å²) in [5.41, 5.74) is 1.03. The summed E-state index contributed by atoms with van der Waals surface area (Å²) in [4.78, 5) is 7.60. The van der Waals surface area contributed by atoms with E-state index in [2.05, 4.69) is 9.97 Å². The zero-order valence-corrected chi connectivity index (χ0v) is 12.7. The van der Waals surface area contributed by atoms with Crippen molar-refractivity contribution in [3.8, 4) is 0 Å². The zero-order valence-electron chi connectivity index (χ0n) is 11.9. The van der Waals surface area contributed by atoms with Gasteiger partial charge in [-0.25, -0.2) is 4.98 Å². The Bertz CT molecular complexity index is 563. The molecule has 0 amide bonds. The van der Waals surface area contributed by atoms with Crippen molar-refractivity contribution in [2.75, 3.05) is 26.2 Å². The zero-order chi connectivity index (χ0) is 14.2. The second kappa shape index (κ2) is 5.46. The molecule has 0 saturated carbocycles. The number of aryl methyl sites for hydroxylation is 1. The second-order valence-electron chi connectivity index (χ2n) is 5.76. The van der Waals surface area contributed by atoms with Crippen LogP contribution in [-0.4, -0.2) is 53.2 Å². The Morgan fingerprint density at radius 1 is 1.20 bits per heavy atom. The first kappa shape index (κ1) is 14.0. The lowest BCUT2D eigenvalue weighted by atomic mass is 9.99. The number of nitrogens with zero attached hydrogens (tertiary/aromatic N) is 3. The molecule has 6 nitrogen and oxygen atoms in total. The average molecular weight is 298 g/mol. The molecule has 0 radical (unpaired) electrons. The van der Waals surface area contributed by atoms with Crippen molar-refractivity contribution in [2.24, 2.45) is 0 Å². The second-order valence-corrected chi connectivity index (χ2v) is 7.69. The van der Waals surface area contributed by atoms with Gasteiger partial charge in [0.05, 0.1) is 0 Å². The summed E-state index contributed by atoms with van der Waals surface area (Å²) in [5, 5.41) is 0. The Hall–Kier alpha value is -0.920. The maximum Gasteiger partial charge on any atom is 0.281 e. The molecule has 2 saturated heterocycles. The summed E-state index contributed by atoms with van der Waals surface area (Å²) >= 11 is 0. The van der Waals surface area contributed by atoms with Crippen LogP contribution in [0.5, 0.6) is 0 Å². The number of H-pyrrole nitrogens is 1. The molecule has 3 heterocycles. The lowest BCUT2D eigenvalue weighted by molar-refractivity contribution is 0.288. The van der Waals surface area contributed by atoms with Gasteiger partial charge in [0.2, 0.25) is 0 Å². The fourth-order valence-corrected chi connectivity index (χ4v) is 4.87. The molecule has 2 aliphatic heterocycles. The molecule has 0 spiro atoms. The van der Waals surface area contributed by atoms with E-state index in [1.165, 1.54) is 0 Å². The van der Waals surface area contributed by atoms with Crippen LogP contribution in [0, 0.1) is 6.92 Å². The van der Waals surface area contributed by atoms with Crippen molar-refractivity contribution in [1.29, 1.82) is 0 Å². The average Bonchev–Trinajstić information content (AvgIpc) is 3.10. The SMILES string of the molecule is Cc1cnc([C@H]2CCCN(S(=O)(=O)N3CCCC3)C2)[nH]1. The van der Waals surface area contributed by atoms with E-state index in [4.69, 9.17) is 0 Å². The molecule has 0 bridgehead atoms. The summed E-state index contributed by atoms with van der Waals surface area (Å²) in [6.45, 7) is 4.49. The lowest BCUT2D eigenvalue weighted by Crippen LogP contribution is -2.46. The standard InChI is InChI=1S/C13H22N4O2S/c1-11-9-14-13(15-11)12-5-4-8-17(10-12)20(18,19)16-6-2-3-7-16/h9,12H,2-8,10H2,1H3,(H,14,15)/t12-/m0/s1. The molecule has 0 aliphatic carbocycles. The van der Waals surface area contributed by atoms with Crippen molar-refractivity contribution in [2.45, 2.75) is 38.5 Å². The summed E-state index contributed by atoms with van der Waals surface area (Å²) in [5.74, 6) is 1.11. The number of aromatic nitrogens is 2. The van der Waals surface area contributed by atoms with Crippen LogP contribution >= 0.6 is 0 Å². The van der Waals surface area contributed by atoms with Crippen LogP contribution < -0.4 is 0 Å². The Labute approximate surface area is 120 Å². The number of rotatable bonds is 3. The van der Waals surface area contributed by atoms with E-state index in [0.29, 0.717) is 26.2 Å². The monoisotopic (exact) mass is 298 g/mol. The normalized spacial score (nSPS) is 26.1. The maximum atomic E-state index is 12.6. The van der Waals surface area contributed by atoms with Crippen LogP contribution in [0.3, 0.4) is 0 Å². The van der Waals surface area contributed by atoms with Gasteiger partial charge in [0.15, 0.2) is 0 Å². The summed E-state index contributed by atoms with van der Waals surface area (Å²) < 4.78 is 28.5. The highest BCUT2D eigenvalue weighted by molar-refractivity contribution is 7.86. The number of aromatic amines is 1. The van der Waals surface area contributed by atoms with Crippen LogP contribution in [-0.2, 0) is 10.2 Å². The molecule has 1 N–H and O–H groups in total. The first-order valence-corrected chi connectivity index (χ1v) is 8.74. The van der Waals surface area contributed by atoms with Gasteiger partial charge in [-0.15, -0.1) is 0 Å². The predicted octanol–water partition coefficient (Wildman–Crippen LogP) is 1.24. The van der Waals surface area contributed by atoms with E-state index < -0.39 is 10.2 Å². The first-order chi connectivity index (χ1) is 9.57. The van der Waals surface area contributed by atoms with E-state index in [9.17, 15) is 8.42 Å². The molecule has 0 aromatic carbocycles. The minimum atomic E-state index is -3.27. The van der Waals surface area contributed by atoms with Gasteiger partial charge in [-0.05, 0) is 32.6 Å². The van der Waals surface area contributed by atoms with Gasteiger partial charge in [0.1, 0.15) is 5.82 Å². The molecule has 1 aromatic rings. The van der Waals surface area contributed by atoms with Gasteiger partial charge in [-0.1, -0.05) is 0 Å². The molecule has 112 valence electrons. The number of hydrogen-bond donors (Lipinski definition) is 1. The molecule has 3 rings (SSSR count). The highest BCUT2D eigenvalue weighted by Gasteiger charge is 2.35. The van der Waals surface area contributed by atoms with E-state index in [-0.39, 0.29) is 5.92 Å². The molecule has 20 heavy (non-hydrogen) atoms. The summed E-state index contributed by atoms with van der Waals surface area (Å²) in [7, 11) is -3.27. The van der Waals surface area contributed by atoms with Gasteiger partial charge >= 0.3 is 0 Å².